The van der Waals surface area contributed by atoms with E-state index >= 15 is 0 Å². The Kier molecular flexibility index (Phi) is 3.28. The molecule has 8 heteroatoms. The minimum Gasteiger partial charge on any atom is -0.460 e. The summed E-state index contributed by atoms with van der Waals surface area (Å²) in [4.78, 5) is 11.0. The van der Waals surface area contributed by atoms with Crippen LogP contribution in [0.1, 0.15) is 27.2 Å². The maximum atomic E-state index is 12.1. The number of ether oxygens (including phenoxy) is 3. The van der Waals surface area contributed by atoms with Gasteiger partial charge in [0.2, 0.25) is 0 Å². The largest absolute Gasteiger partial charge is 0.460 e. The molecule has 3 fully saturated rings. The van der Waals surface area contributed by atoms with Crippen molar-refractivity contribution in [3.63, 3.8) is 0 Å². The van der Waals surface area contributed by atoms with Gasteiger partial charge in [0.15, 0.2) is 0 Å². The fraction of sp³-hybridized carbons (Fsp3) is 0.786. The molecule has 5 unspecified atom stereocenters. The summed E-state index contributed by atoms with van der Waals surface area (Å²) in [5.74, 6) is -0.532. The summed E-state index contributed by atoms with van der Waals surface area (Å²) in [6.07, 6.45) is 0.865. The molecule has 124 valence electrons. The van der Waals surface area contributed by atoms with Crippen LogP contribution in [0.4, 0.5) is 0 Å². The van der Waals surface area contributed by atoms with Gasteiger partial charge in [0, 0.05) is 12.5 Å². The first-order valence-corrected chi connectivity index (χ1v) is 8.62. The Balaban J connectivity index is 1.79. The molecule has 0 aliphatic carbocycles. The third-order valence-corrected chi connectivity index (χ3v) is 7.09. The molecule has 2 bridgehead atoms. The van der Waals surface area contributed by atoms with Crippen LogP contribution in [0.3, 0.4) is 0 Å². The Bertz CT molecular complexity index is 629. The van der Waals surface area contributed by atoms with Crippen LogP contribution in [0.5, 0.6) is 0 Å². The predicted octanol–water partition coefficient (Wildman–Crippen LogP) is 0.539. The third-order valence-electron chi connectivity index (χ3n) is 5.36. The summed E-state index contributed by atoms with van der Waals surface area (Å²) in [7, 11) is -3.65. The highest BCUT2D eigenvalue weighted by Crippen LogP contribution is 2.64. The first kappa shape index (κ1) is 15.9. The van der Waals surface area contributed by atoms with Gasteiger partial charge < -0.3 is 14.2 Å². The van der Waals surface area contributed by atoms with Gasteiger partial charge in [-0.2, -0.15) is 8.42 Å². The molecule has 3 aliphatic rings. The lowest BCUT2D eigenvalue weighted by molar-refractivity contribution is -0.183. The molecule has 3 saturated heterocycles. The maximum Gasteiger partial charge on any atom is 0.330 e. The number of carbonyl (C=O) groups is 1. The first-order chi connectivity index (χ1) is 10.1. The molecule has 0 N–H and O–H groups in total. The topological polar surface area (TPSA) is 88.1 Å². The van der Waals surface area contributed by atoms with Crippen molar-refractivity contribution in [3.05, 3.63) is 12.7 Å². The van der Waals surface area contributed by atoms with Crippen molar-refractivity contribution in [2.45, 2.75) is 55.3 Å². The number of hydrogen-bond donors (Lipinski definition) is 0. The molecule has 5 atom stereocenters. The van der Waals surface area contributed by atoms with Crippen LogP contribution in [-0.2, 0) is 33.3 Å². The number of esters is 1. The average Bonchev–Trinajstić information content (AvgIpc) is 2.93. The molecule has 3 heterocycles. The molecule has 0 saturated carbocycles. The molecule has 22 heavy (non-hydrogen) atoms. The van der Waals surface area contributed by atoms with Gasteiger partial charge in [-0.1, -0.05) is 6.58 Å². The number of rotatable bonds is 5. The van der Waals surface area contributed by atoms with Gasteiger partial charge >= 0.3 is 5.97 Å². The fourth-order valence-corrected chi connectivity index (χ4v) is 5.89. The highest BCUT2D eigenvalue weighted by molar-refractivity contribution is 7.87. The Morgan fingerprint density at radius 3 is 2.68 bits per heavy atom. The van der Waals surface area contributed by atoms with Crippen molar-refractivity contribution in [1.82, 2.24) is 0 Å². The maximum absolute atomic E-state index is 12.1. The van der Waals surface area contributed by atoms with Gasteiger partial charge in [0.25, 0.3) is 10.1 Å². The highest BCUT2D eigenvalue weighted by atomic mass is 32.2. The van der Waals surface area contributed by atoms with Crippen molar-refractivity contribution in [2.24, 2.45) is 0 Å². The zero-order valence-electron chi connectivity index (χ0n) is 12.8. The van der Waals surface area contributed by atoms with E-state index in [1.54, 1.807) is 13.8 Å². The molecule has 3 aliphatic heterocycles. The smallest absolute Gasteiger partial charge is 0.330 e. The van der Waals surface area contributed by atoms with E-state index in [0.717, 1.165) is 6.08 Å². The van der Waals surface area contributed by atoms with Crippen molar-refractivity contribution in [2.75, 3.05) is 13.2 Å². The van der Waals surface area contributed by atoms with E-state index in [4.69, 9.17) is 18.4 Å². The lowest BCUT2D eigenvalue weighted by Gasteiger charge is -2.45. The van der Waals surface area contributed by atoms with Gasteiger partial charge in [-0.15, -0.1) is 0 Å². The second-order valence-electron chi connectivity index (χ2n) is 6.45. The fourth-order valence-electron chi connectivity index (χ4n) is 3.89. The second kappa shape index (κ2) is 4.53. The van der Waals surface area contributed by atoms with E-state index in [1.165, 1.54) is 0 Å². The lowest BCUT2D eigenvalue weighted by Crippen LogP contribution is -2.63. The molecular weight excluding hydrogens is 312 g/mol. The molecule has 0 radical (unpaired) electrons. The SMILES string of the molecule is C=CC(=O)OCCOC1(C)C2(C)CC3C(O2)C1(C)OS3(=O)=O. The predicted molar refractivity (Wildman–Crippen MR) is 75.6 cm³/mol. The van der Waals surface area contributed by atoms with E-state index in [1.807, 2.05) is 6.92 Å². The molecular formula is C14H20O7S. The molecule has 3 rings (SSSR count). The first-order valence-electron chi connectivity index (χ1n) is 7.15. The summed E-state index contributed by atoms with van der Waals surface area (Å²) in [6.45, 7) is 8.81. The molecule has 0 aromatic rings. The van der Waals surface area contributed by atoms with Crippen molar-refractivity contribution in [3.8, 4) is 0 Å². The van der Waals surface area contributed by atoms with Crippen LogP contribution in [0.25, 0.3) is 0 Å². The molecule has 0 aromatic heterocycles. The summed E-state index contributed by atoms with van der Waals surface area (Å²) < 4.78 is 46.4. The molecule has 7 nitrogen and oxygen atoms in total. The number of hydrogen-bond acceptors (Lipinski definition) is 7. The summed E-state index contributed by atoms with van der Waals surface area (Å²) >= 11 is 0. The van der Waals surface area contributed by atoms with Gasteiger partial charge in [0.1, 0.15) is 29.2 Å². The van der Waals surface area contributed by atoms with E-state index in [9.17, 15) is 13.2 Å². The van der Waals surface area contributed by atoms with Crippen LogP contribution < -0.4 is 0 Å². The van der Waals surface area contributed by atoms with Gasteiger partial charge in [-0.25, -0.2) is 4.79 Å². The van der Waals surface area contributed by atoms with Crippen LogP contribution in [-0.4, -0.2) is 55.8 Å². The van der Waals surface area contributed by atoms with Crippen LogP contribution in [0.15, 0.2) is 12.7 Å². The van der Waals surface area contributed by atoms with Crippen LogP contribution in [0, 0.1) is 0 Å². The van der Waals surface area contributed by atoms with E-state index in [0.29, 0.717) is 6.42 Å². The molecule has 0 aromatic carbocycles. The summed E-state index contributed by atoms with van der Waals surface area (Å²) in [6, 6.07) is 0. The van der Waals surface area contributed by atoms with Crippen LogP contribution >= 0.6 is 0 Å². The third kappa shape index (κ3) is 1.78. The number of carbonyl (C=O) groups excluding carboxylic acids is 1. The normalized spacial score (nSPS) is 47.6. The van der Waals surface area contributed by atoms with E-state index in [-0.39, 0.29) is 13.2 Å². The second-order valence-corrected chi connectivity index (χ2v) is 8.21. The average molecular weight is 332 g/mol. The lowest BCUT2D eigenvalue weighted by atomic mass is 9.67. The molecule has 0 amide bonds. The Labute approximate surface area is 129 Å². The summed E-state index contributed by atoms with van der Waals surface area (Å²) in [5.41, 5.74) is -2.79. The highest BCUT2D eigenvalue weighted by Gasteiger charge is 2.82. The van der Waals surface area contributed by atoms with Crippen molar-refractivity contribution in [1.29, 1.82) is 0 Å². The minimum absolute atomic E-state index is 0.0491. The Morgan fingerprint density at radius 1 is 1.36 bits per heavy atom. The molecule has 0 spiro atoms. The van der Waals surface area contributed by atoms with Gasteiger partial charge in [-0.05, 0) is 20.8 Å². The minimum atomic E-state index is -3.65. The van der Waals surface area contributed by atoms with Gasteiger partial charge in [0.05, 0.1) is 12.2 Å². The van der Waals surface area contributed by atoms with Crippen LogP contribution in [0.2, 0.25) is 0 Å². The standard InChI is InChI=1S/C14H20O7S/c1-5-10(15)18-6-7-19-14(4)12(2)8-9-11(20-12)13(14,3)21-22(9,16)17/h5,9,11H,1,6-8H2,2-4H3. The van der Waals surface area contributed by atoms with E-state index < -0.39 is 44.2 Å². The Morgan fingerprint density at radius 2 is 2.05 bits per heavy atom. The monoisotopic (exact) mass is 332 g/mol. The summed E-state index contributed by atoms with van der Waals surface area (Å²) in [5, 5.41) is -0.641. The quantitative estimate of drug-likeness (QED) is 0.314. The zero-order valence-corrected chi connectivity index (χ0v) is 13.6. The van der Waals surface area contributed by atoms with Crippen molar-refractivity contribution < 1.29 is 31.6 Å². The zero-order chi connectivity index (χ0) is 16.4. The number of fused-ring (bicyclic) bond motifs is 1. The van der Waals surface area contributed by atoms with Crippen molar-refractivity contribution >= 4 is 16.1 Å². The van der Waals surface area contributed by atoms with Gasteiger partial charge in [-0.3, -0.25) is 4.18 Å². The van der Waals surface area contributed by atoms with E-state index in [2.05, 4.69) is 6.58 Å². The Hall–Kier alpha value is -0.960.